The van der Waals surface area contributed by atoms with Crippen molar-refractivity contribution in [3.63, 3.8) is 0 Å². The van der Waals surface area contributed by atoms with Gasteiger partial charge in [-0.05, 0) is 23.8 Å². The van der Waals surface area contributed by atoms with Gasteiger partial charge in [0.1, 0.15) is 5.75 Å². The normalized spacial score (nSPS) is 14.2. The van der Waals surface area contributed by atoms with Crippen LogP contribution in [0.25, 0.3) is 10.9 Å². The Bertz CT molecular complexity index is 970. The van der Waals surface area contributed by atoms with Gasteiger partial charge in [0.25, 0.3) is 0 Å². The number of benzene rings is 2. The molecule has 26 heavy (non-hydrogen) atoms. The molecule has 0 atom stereocenters. The van der Waals surface area contributed by atoms with Gasteiger partial charge in [-0.1, -0.05) is 30.3 Å². The lowest BCUT2D eigenvalue weighted by Crippen LogP contribution is -2.31. The lowest BCUT2D eigenvalue weighted by Gasteiger charge is -2.29. The molecule has 0 radical (unpaired) electrons. The fraction of sp³-hybridized carbons (Fsp3) is 0.238. The van der Waals surface area contributed by atoms with Crippen LogP contribution in [0.5, 0.6) is 5.75 Å². The number of aromatic nitrogens is 1. The number of nitrogens with two attached hydrogens (primary N) is 1. The van der Waals surface area contributed by atoms with E-state index in [2.05, 4.69) is 29.2 Å². The molecule has 0 amide bonds. The van der Waals surface area contributed by atoms with Crippen molar-refractivity contribution in [1.82, 2.24) is 9.88 Å². The van der Waals surface area contributed by atoms with E-state index in [1.54, 1.807) is 12.1 Å². The highest BCUT2D eigenvalue weighted by molar-refractivity contribution is 5.93. The molecule has 0 spiro atoms. The Morgan fingerprint density at radius 1 is 1.23 bits per heavy atom. The Kier molecular flexibility index (Phi) is 4.31. The van der Waals surface area contributed by atoms with Crippen LogP contribution in [0.2, 0.25) is 0 Å². The van der Waals surface area contributed by atoms with Gasteiger partial charge in [-0.15, -0.1) is 0 Å². The molecule has 1 aliphatic heterocycles. The first-order chi connectivity index (χ1) is 12.6. The minimum absolute atomic E-state index is 0.345. The standard InChI is InChI=1S/C21H21N3O2/c1-14(25)26-16-7-8-19-17(11-16)21(22)18-13-24(10-9-20(18)23-19)12-15-5-3-2-4-6-15/h2-8,11H,9-10,12-13H2,1H3,(H2,22,23). The van der Waals surface area contributed by atoms with E-state index in [0.29, 0.717) is 5.75 Å². The SMILES string of the molecule is CC(=O)Oc1ccc2nc3c(c(N)c2c1)CN(Cc1ccccc1)CC3. The van der Waals surface area contributed by atoms with E-state index in [9.17, 15) is 4.79 Å². The molecule has 5 nitrogen and oxygen atoms in total. The van der Waals surface area contributed by atoms with E-state index in [1.807, 2.05) is 12.1 Å². The van der Waals surface area contributed by atoms with Gasteiger partial charge < -0.3 is 10.5 Å². The first-order valence-electron chi connectivity index (χ1n) is 8.76. The molecule has 3 aromatic rings. The zero-order valence-corrected chi connectivity index (χ0v) is 14.7. The van der Waals surface area contributed by atoms with Crippen molar-refractivity contribution in [3.8, 4) is 5.75 Å². The molecule has 1 aliphatic rings. The summed E-state index contributed by atoms with van der Waals surface area (Å²) >= 11 is 0. The minimum Gasteiger partial charge on any atom is -0.427 e. The number of rotatable bonds is 3. The summed E-state index contributed by atoms with van der Waals surface area (Å²) in [6.45, 7) is 4.02. The van der Waals surface area contributed by atoms with Crippen molar-refractivity contribution in [2.45, 2.75) is 26.4 Å². The number of nitrogen functional groups attached to an aromatic ring is 1. The highest BCUT2D eigenvalue weighted by atomic mass is 16.5. The molecule has 2 aromatic carbocycles. The van der Waals surface area contributed by atoms with Gasteiger partial charge >= 0.3 is 5.97 Å². The first kappa shape index (κ1) is 16.5. The predicted molar refractivity (Wildman–Crippen MR) is 102 cm³/mol. The molecule has 0 fully saturated rings. The zero-order valence-electron chi connectivity index (χ0n) is 14.7. The van der Waals surface area contributed by atoms with E-state index < -0.39 is 0 Å². The summed E-state index contributed by atoms with van der Waals surface area (Å²) in [6.07, 6.45) is 0.883. The molecule has 0 unspecified atom stereocenters. The second-order valence-corrected chi connectivity index (χ2v) is 6.67. The maximum absolute atomic E-state index is 11.2. The molecular formula is C21H21N3O2. The number of carbonyl (C=O) groups excluding carboxylic acids is 1. The minimum atomic E-state index is -0.345. The highest BCUT2D eigenvalue weighted by Crippen LogP contribution is 2.32. The largest absolute Gasteiger partial charge is 0.427 e. The van der Waals surface area contributed by atoms with Crippen molar-refractivity contribution in [1.29, 1.82) is 0 Å². The molecule has 2 heterocycles. The number of pyridine rings is 1. The Balaban J connectivity index is 1.66. The van der Waals surface area contributed by atoms with Crippen LogP contribution in [0.15, 0.2) is 48.5 Å². The van der Waals surface area contributed by atoms with Gasteiger partial charge in [-0.2, -0.15) is 0 Å². The maximum atomic E-state index is 11.2. The number of hydrogen-bond acceptors (Lipinski definition) is 5. The van der Waals surface area contributed by atoms with E-state index in [4.69, 9.17) is 15.5 Å². The second kappa shape index (κ2) is 6.77. The summed E-state index contributed by atoms with van der Waals surface area (Å²) < 4.78 is 5.19. The highest BCUT2D eigenvalue weighted by Gasteiger charge is 2.21. The summed E-state index contributed by atoms with van der Waals surface area (Å²) in [4.78, 5) is 18.4. The van der Waals surface area contributed by atoms with E-state index in [1.165, 1.54) is 12.5 Å². The van der Waals surface area contributed by atoms with Gasteiger partial charge in [0, 0.05) is 55.3 Å². The van der Waals surface area contributed by atoms with Gasteiger partial charge in [0.15, 0.2) is 0 Å². The Labute approximate surface area is 152 Å². The Morgan fingerprint density at radius 3 is 2.81 bits per heavy atom. The number of ether oxygens (including phenoxy) is 1. The summed E-state index contributed by atoms with van der Waals surface area (Å²) in [7, 11) is 0. The van der Waals surface area contributed by atoms with E-state index >= 15 is 0 Å². The molecule has 5 heteroatoms. The van der Waals surface area contributed by atoms with Gasteiger partial charge in [-0.25, -0.2) is 0 Å². The van der Waals surface area contributed by atoms with Gasteiger partial charge in [-0.3, -0.25) is 14.7 Å². The number of hydrogen-bond donors (Lipinski definition) is 1. The van der Waals surface area contributed by atoms with Gasteiger partial charge in [0.05, 0.1) is 5.52 Å². The van der Waals surface area contributed by atoms with Crippen molar-refractivity contribution in [2.75, 3.05) is 12.3 Å². The molecule has 0 aliphatic carbocycles. The number of nitrogens with zero attached hydrogens (tertiary/aromatic N) is 2. The fourth-order valence-electron chi connectivity index (χ4n) is 3.52. The lowest BCUT2D eigenvalue weighted by molar-refractivity contribution is -0.131. The van der Waals surface area contributed by atoms with Crippen LogP contribution in [0.1, 0.15) is 23.7 Å². The zero-order chi connectivity index (χ0) is 18.1. The smallest absolute Gasteiger partial charge is 0.308 e. The van der Waals surface area contributed by atoms with Crippen LogP contribution in [0.3, 0.4) is 0 Å². The topological polar surface area (TPSA) is 68.4 Å². The fourth-order valence-corrected chi connectivity index (χ4v) is 3.52. The summed E-state index contributed by atoms with van der Waals surface area (Å²) in [6, 6.07) is 15.9. The Morgan fingerprint density at radius 2 is 2.04 bits per heavy atom. The summed E-state index contributed by atoms with van der Waals surface area (Å²) in [5.74, 6) is 0.151. The van der Waals surface area contributed by atoms with Crippen LogP contribution in [0, 0.1) is 0 Å². The molecular weight excluding hydrogens is 326 g/mol. The molecule has 2 N–H and O–H groups in total. The Hall–Kier alpha value is -2.92. The van der Waals surface area contributed by atoms with E-state index in [0.717, 1.165) is 53.9 Å². The van der Waals surface area contributed by atoms with Crippen LogP contribution < -0.4 is 10.5 Å². The maximum Gasteiger partial charge on any atom is 0.308 e. The predicted octanol–water partition coefficient (Wildman–Crippen LogP) is 3.30. The molecule has 4 rings (SSSR count). The van der Waals surface area contributed by atoms with Crippen molar-refractivity contribution in [2.24, 2.45) is 0 Å². The molecule has 0 bridgehead atoms. The monoisotopic (exact) mass is 347 g/mol. The molecule has 0 saturated carbocycles. The number of carbonyl (C=O) groups is 1. The average molecular weight is 347 g/mol. The average Bonchev–Trinajstić information content (AvgIpc) is 2.63. The van der Waals surface area contributed by atoms with Crippen LogP contribution >= 0.6 is 0 Å². The van der Waals surface area contributed by atoms with Crippen LogP contribution in [-0.4, -0.2) is 22.4 Å². The summed E-state index contributed by atoms with van der Waals surface area (Å²) in [5.41, 5.74) is 11.5. The number of anilines is 1. The molecule has 1 aromatic heterocycles. The van der Waals surface area contributed by atoms with Crippen LogP contribution in [0.4, 0.5) is 5.69 Å². The summed E-state index contributed by atoms with van der Waals surface area (Å²) in [5, 5.41) is 0.837. The van der Waals surface area contributed by atoms with Gasteiger partial charge in [0.2, 0.25) is 0 Å². The van der Waals surface area contributed by atoms with Crippen LogP contribution in [-0.2, 0) is 24.3 Å². The van der Waals surface area contributed by atoms with Crippen molar-refractivity contribution < 1.29 is 9.53 Å². The lowest BCUT2D eigenvalue weighted by atomic mass is 9.99. The second-order valence-electron chi connectivity index (χ2n) is 6.67. The molecule has 132 valence electrons. The van der Waals surface area contributed by atoms with E-state index in [-0.39, 0.29) is 5.97 Å². The first-order valence-corrected chi connectivity index (χ1v) is 8.76. The van der Waals surface area contributed by atoms with Crippen molar-refractivity contribution >= 4 is 22.6 Å². The number of esters is 1. The third-order valence-electron chi connectivity index (χ3n) is 4.74. The third kappa shape index (κ3) is 3.26. The molecule has 0 saturated heterocycles. The van der Waals surface area contributed by atoms with Crippen molar-refractivity contribution in [3.05, 3.63) is 65.4 Å². The number of fused-ring (bicyclic) bond motifs is 2. The third-order valence-corrected chi connectivity index (χ3v) is 4.74. The quantitative estimate of drug-likeness (QED) is 0.581.